The molecular weight excluding hydrogens is 280 g/mol. The van der Waals surface area contributed by atoms with Crippen LogP contribution >= 0.6 is 0 Å². The first-order valence-corrected chi connectivity index (χ1v) is 7.96. The molecule has 2 N–H and O–H groups in total. The van der Waals surface area contributed by atoms with Crippen molar-refractivity contribution < 1.29 is 14.6 Å². The van der Waals surface area contributed by atoms with Gasteiger partial charge in [-0.05, 0) is 26.0 Å². The molecule has 22 heavy (non-hydrogen) atoms. The molecule has 1 aromatic rings. The Morgan fingerprint density at radius 1 is 1.36 bits per heavy atom. The third kappa shape index (κ3) is 3.21. The molecule has 1 unspecified atom stereocenters. The summed E-state index contributed by atoms with van der Waals surface area (Å²) in [4.78, 5) is 2.38. The zero-order valence-corrected chi connectivity index (χ0v) is 14.1. The van der Waals surface area contributed by atoms with E-state index in [-0.39, 0.29) is 6.61 Å². The van der Waals surface area contributed by atoms with Crippen molar-refractivity contribution in [3.8, 4) is 11.5 Å². The third-order valence-corrected chi connectivity index (χ3v) is 4.46. The lowest BCUT2D eigenvalue weighted by atomic mass is 9.88. The molecule has 2 rings (SSSR count). The first-order valence-electron chi connectivity index (χ1n) is 7.96. The van der Waals surface area contributed by atoms with E-state index in [9.17, 15) is 0 Å². The summed E-state index contributed by atoms with van der Waals surface area (Å²) >= 11 is 0. The number of aliphatic hydroxyl groups excluding tert-OH is 1. The van der Waals surface area contributed by atoms with Crippen LogP contribution in [0.2, 0.25) is 0 Å². The van der Waals surface area contributed by atoms with Gasteiger partial charge in [0.1, 0.15) is 11.5 Å². The Morgan fingerprint density at radius 2 is 2.14 bits per heavy atom. The molecule has 1 aromatic carbocycles. The van der Waals surface area contributed by atoms with Crippen LogP contribution in [-0.4, -0.2) is 51.0 Å². The van der Waals surface area contributed by atoms with Crippen LogP contribution < -0.4 is 14.8 Å². The van der Waals surface area contributed by atoms with E-state index < -0.39 is 0 Å². The SMILES string of the molecule is CCC1c2c(OC)cc(CNCCO)c(OC)c2CCN1C. The van der Waals surface area contributed by atoms with Crippen molar-refractivity contribution in [2.24, 2.45) is 0 Å². The lowest BCUT2D eigenvalue weighted by Gasteiger charge is -2.36. The molecule has 1 aliphatic rings. The summed E-state index contributed by atoms with van der Waals surface area (Å²) in [6.07, 6.45) is 2.01. The maximum absolute atomic E-state index is 8.94. The van der Waals surface area contributed by atoms with Gasteiger partial charge in [-0.15, -0.1) is 0 Å². The highest BCUT2D eigenvalue weighted by Gasteiger charge is 2.30. The molecule has 5 nitrogen and oxygen atoms in total. The number of hydrogen-bond donors (Lipinski definition) is 2. The standard InChI is InChI=1S/C17H28N2O3/c1-5-14-16-13(6-8-19(14)2)17(22-4)12(10-15(16)21-3)11-18-7-9-20/h10,14,18,20H,5-9,11H2,1-4H3. The molecule has 0 aromatic heterocycles. The summed E-state index contributed by atoms with van der Waals surface area (Å²) in [7, 11) is 5.63. The smallest absolute Gasteiger partial charge is 0.127 e. The first kappa shape index (κ1) is 17.1. The number of methoxy groups -OCH3 is 2. The lowest BCUT2D eigenvalue weighted by molar-refractivity contribution is 0.215. The fraction of sp³-hybridized carbons (Fsp3) is 0.647. The monoisotopic (exact) mass is 308 g/mol. The van der Waals surface area contributed by atoms with E-state index in [1.165, 1.54) is 11.1 Å². The number of nitrogens with zero attached hydrogens (tertiary/aromatic N) is 1. The number of fused-ring (bicyclic) bond motifs is 1. The highest BCUT2D eigenvalue weighted by atomic mass is 16.5. The van der Waals surface area contributed by atoms with Crippen molar-refractivity contribution in [1.82, 2.24) is 10.2 Å². The summed E-state index contributed by atoms with van der Waals surface area (Å²) in [5.41, 5.74) is 3.63. The second-order valence-electron chi connectivity index (χ2n) is 5.72. The summed E-state index contributed by atoms with van der Waals surface area (Å²) < 4.78 is 11.4. The third-order valence-electron chi connectivity index (χ3n) is 4.46. The quantitative estimate of drug-likeness (QED) is 0.751. The Hall–Kier alpha value is -1.30. The summed E-state index contributed by atoms with van der Waals surface area (Å²) in [5, 5.41) is 12.2. The van der Waals surface area contributed by atoms with E-state index in [1.54, 1.807) is 14.2 Å². The van der Waals surface area contributed by atoms with Gasteiger partial charge in [0, 0.05) is 42.4 Å². The average Bonchev–Trinajstić information content (AvgIpc) is 2.54. The zero-order valence-electron chi connectivity index (χ0n) is 14.1. The van der Waals surface area contributed by atoms with E-state index in [0.717, 1.165) is 36.4 Å². The average molecular weight is 308 g/mol. The number of rotatable bonds is 7. The molecule has 0 spiro atoms. The Balaban J connectivity index is 2.48. The van der Waals surface area contributed by atoms with Crippen molar-refractivity contribution in [2.45, 2.75) is 32.4 Å². The molecule has 0 bridgehead atoms. The Bertz CT molecular complexity index is 505. The minimum absolute atomic E-state index is 0.132. The zero-order chi connectivity index (χ0) is 16.1. The van der Waals surface area contributed by atoms with Crippen molar-refractivity contribution in [1.29, 1.82) is 0 Å². The highest BCUT2D eigenvalue weighted by Crippen LogP contribution is 2.43. The predicted molar refractivity (Wildman–Crippen MR) is 87.7 cm³/mol. The minimum atomic E-state index is 0.132. The fourth-order valence-corrected chi connectivity index (χ4v) is 3.42. The second kappa shape index (κ2) is 7.81. The summed E-state index contributed by atoms with van der Waals surface area (Å²) in [6, 6.07) is 2.44. The van der Waals surface area contributed by atoms with Gasteiger partial charge in [-0.25, -0.2) is 0 Å². The van der Waals surface area contributed by atoms with E-state index in [4.69, 9.17) is 14.6 Å². The van der Waals surface area contributed by atoms with Gasteiger partial charge in [0.15, 0.2) is 0 Å². The summed E-state index contributed by atoms with van der Waals surface area (Å²) in [6.45, 7) is 4.60. The molecule has 0 saturated heterocycles. The number of nitrogens with one attached hydrogen (secondary N) is 1. The molecule has 1 aliphatic heterocycles. The molecule has 124 valence electrons. The van der Waals surface area contributed by atoms with Crippen LogP contribution in [-0.2, 0) is 13.0 Å². The maximum atomic E-state index is 8.94. The number of aliphatic hydroxyl groups is 1. The van der Waals surface area contributed by atoms with Crippen molar-refractivity contribution in [3.63, 3.8) is 0 Å². The van der Waals surface area contributed by atoms with Gasteiger partial charge < -0.3 is 19.9 Å². The van der Waals surface area contributed by atoms with E-state index >= 15 is 0 Å². The van der Waals surface area contributed by atoms with Gasteiger partial charge in [0.25, 0.3) is 0 Å². The van der Waals surface area contributed by atoms with Crippen LogP contribution in [0.4, 0.5) is 0 Å². The Morgan fingerprint density at radius 3 is 2.73 bits per heavy atom. The maximum Gasteiger partial charge on any atom is 0.127 e. The highest BCUT2D eigenvalue weighted by molar-refractivity contribution is 5.56. The summed E-state index contributed by atoms with van der Waals surface area (Å²) in [5.74, 6) is 1.91. The topological polar surface area (TPSA) is 54.0 Å². The van der Waals surface area contributed by atoms with E-state index in [0.29, 0.717) is 19.1 Å². The van der Waals surface area contributed by atoms with Crippen molar-refractivity contribution >= 4 is 0 Å². The largest absolute Gasteiger partial charge is 0.496 e. The van der Waals surface area contributed by atoms with Crippen molar-refractivity contribution in [2.75, 3.05) is 41.0 Å². The van der Waals surface area contributed by atoms with Crippen LogP contribution in [0.1, 0.15) is 36.1 Å². The van der Waals surface area contributed by atoms with Crippen LogP contribution in [0.5, 0.6) is 11.5 Å². The molecule has 5 heteroatoms. The molecule has 0 fully saturated rings. The molecule has 1 atom stereocenters. The lowest BCUT2D eigenvalue weighted by Crippen LogP contribution is -2.33. The van der Waals surface area contributed by atoms with Gasteiger partial charge in [0.2, 0.25) is 0 Å². The molecule has 0 amide bonds. The molecule has 0 aliphatic carbocycles. The number of likely N-dealkylation sites (N-methyl/N-ethyl adjacent to an activating group) is 1. The van der Waals surface area contributed by atoms with Gasteiger partial charge in [-0.2, -0.15) is 0 Å². The van der Waals surface area contributed by atoms with E-state index in [2.05, 4.69) is 30.3 Å². The Labute approximate surface area is 133 Å². The van der Waals surface area contributed by atoms with Gasteiger partial charge in [-0.1, -0.05) is 6.92 Å². The minimum Gasteiger partial charge on any atom is -0.496 e. The van der Waals surface area contributed by atoms with Crippen LogP contribution in [0.3, 0.4) is 0 Å². The molecule has 0 radical (unpaired) electrons. The Kier molecular flexibility index (Phi) is 6.06. The van der Waals surface area contributed by atoms with Crippen LogP contribution in [0.15, 0.2) is 6.07 Å². The van der Waals surface area contributed by atoms with Crippen LogP contribution in [0, 0.1) is 0 Å². The molecule has 1 heterocycles. The predicted octanol–water partition coefficient (Wildman–Crippen LogP) is 1.72. The van der Waals surface area contributed by atoms with E-state index in [1.807, 2.05) is 0 Å². The van der Waals surface area contributed by atoms with Crippen LogP contribution in [0.25, 0.3) is 0 Å². The second-order valence-corrected chi connectivity index (χ2v) is 5.72. The van der Waals surface area contributed by atoms with Gasteiger partial charge in [-0.3, -0.25) is 4.90 Å². The van der Waals surface area contributed by atoms with Gasteiger partial charge in [0.05, 0.1) is 20.8 Å². The normalized spacial score (nSPS) is 18.1. The number of benzene rings is 1. The number of ether oxygens (including phenoxy) is 2. The van der Waals surface area contributed by atoms with Gasteiger partial charge >= 0.3 is 0 Å². The fourth-order valence-electron chi connectivity index (χ4n) is 3.42. The number of hydrogen-bond acceptors (Lipinski definition) is 5. The first-order chi connectivity index (χ1) is 10.7. The molecular formula is C17H28N2O3. The van der Waals surface area contributed by atoms with Crippen molar-refractivity contribution in [3.05, 3.63) is 22.8 Å². The molecule has 0 saturated carbocycles.